The molecule has 0 aliphatic heterocycles. The summed E-state index contributed by atoms with van der Waals surface area (Å²) in [5.41, 5.74) is 0. The van der Waals surface area contributed by atoms with Gasteiger partial charge in [0.25, 0.3) is 0 Å². The molecule has 0 fully saturated rings. The molecule has 0 aliphatic rings. The zero-order valence-corrected chi connectivity index (χ0v) is 11.7. The van der Waals surface area contributed by atoms with E-state index in [1.807, 2.05) is 0 Å². The van der Waals surface area contributed by atoms with E-state index in [2.05, 4.69) is 38.1 Å². The van der Waals surface area contributed by atoms with Gasteiger partial charge >= 0.3 is 0 Å². The molecule has 0 heterocycles. The predicted octanol–water partition coefficient (Wildman–Crippen LogP) is 4.64. The van der Waals surface area contributed by atoms with Crippen LogP contribution in [-0.2, 0) is 0 Å². The molecule has 0 bridgehead atoms. The summed E-state index contributed by atoms with van der Waals surface area (Å²) in [6, 6.07) is 0. The molecule has 0 aromatic heterocycles. The summed E-state index contributed by atoms with van der Waals surface area (Å²) >= 11 is 0. The van der Waals surface area contributed by atoms with Crippen LogP contribution in [0, 0.1) is 0 Å². The average Bonchev–Trinajstić information content (AvgIpc) is 2.25. The molecule has 0 atom stereocenters. The van der Waals surface area contributed by atoms with Gasteiger partial charge < -0.3 is 4.90 Å². The number of likely N-dealkylation sites (N-methyl/N-ethyl adjacent to an activating group) is 1. The minimum Gasteiger partial charge on any atom is -0.306 e. The molecule has 0 spiro atoms. The molecule has 0 amide bonds. The third-order valence-corrected chi connectivity index (χ3v) is 2.86. The lowest BCUT2D eigenvalue weighted by Crippen LogP contribution is -2.10. The smallest absolute Gasteiger partial charge is 0.0157 e. The van der Waals surface area contributed by atoms with Crippen LogP contribution in [0.15, 0.2) is 12.2 Å². The van der Waals surface area contributed by atoms with Crippen LogP contribution in [0.2, 0.25) is 0 Å². The number of unbranched alkanes of at least 4 members (excludes halogenated alkanes) is 8. The van der Waals surface area contributed by atoms with E-state index in [1.165, 1.54) is 57.8 Å². The van der Waals surface area contributed by atoms with Gasteiger partial charge in [0.1, 0.15) is 0 Å². The summed E-state index contributed by atoms with van der Waals surface area (Å²) in [6.45, 7) is 3.36. The Morgan fingerprint density at radius 1 is 0.750 bits per heavy atom. The summed E-state index contributed by atoms with van der Waals surface area (Å²) in [7, 11) is 4.22. The third-order valence-electron chi connectivity index (χ3n) is 2.86. The maximum Gasteiger partial charge on any atom is 0.0157 e. The predicted molar refractivity (Wildman–Crippen MR) is 74.9 cm³/mol. The van der Waals surface area contributed by atoms with Crippen molar-refractivity contribution < 1.29 is 0 Å². The average molecular weight is 225 g/mol. The SMILES string of the molecule is CCCCCCCCCCC=CCN(C)C. The topological polar surface area (TPSA) is 3.24 Å². The zero-order valence-electron chi connectivity index (χ0n) is 11.7. The second-order valence-electron chi connectivity index (χ2n) is 5.00. The molecule has 16 heavy (non-hydrogen) atoms. The van der Waals surface area contributed by atoms with Crippen LogP contribution in [0.1, 0.15) is 64.7 Å². The van der Waals surface area contributed by atoms with Crippen molar-refractivity contribution in [2.45, 2.75) is 64.7 Å². The van der Waals surface area contributed by atoms with Gasteiger partial charge in [0.15, 0.2) is 0 Å². The van der Waals surface area contributed by atoms with Crippen LogP contribution in [0.5, 0.6) is 0 Å². The van der Waals surface area contributed by atoms with Gasteiger partial charge in [-0.2, -0.15) is 0 Å². The van der Waals surface area contributed by atoms with Crippen molar-refractivity contribution in [2.24, 2.45) is 0 Å². The van der Waals surface area contributed by atoms with Crippen LogP contribution in [0.4, 0.5) is 0 Å². The normalized spacial score (nSPS) is 11.8. The number of allylic oxidation sites excluding steroid dienone is 1. The van der Waals surface area contributed by atoms with Gasteiger partial charge in [0.2, 0.25) is 0 Å². The Bertz CT molecular complexity index is 150. The van der Waals surface area contributed by atoms with E-state index >= 15 is 0 Å². The molecule has 1 heteroatoms. The molecule has 0 saturated carbocycles. The third kappa shape index (κ3) is 13.7. The minimum atomic E-state index is 1.08. The van der Waals surface area contributed by atoms with Crippen LogP contribution < -0.4 is 0 Å². The Kier molecular flexibility index (Phi) is 12.5. The molecule has 0 saturated heterocycles. The molecule has 0 unspecified atom stereocenters. The highest BCUT2D eigenvalue weighted by molar-refractivity contribution is 4.83. The van der Waals surface area contributed by atoms with Gasteiger partial charge in [-0.1, -0.05) is 64.0 Å². The molecule has 0 radical (unpaired) electrons. The largest absolute Gasteiger partial charge is 0.306 e. The number of hydrogen-bond donors (Lipinski definition) is 0. The van der Waals surface area contributed by atoms with Gasteiger partial charge in [-0.15, -0.1) is 0 Å². The Morgan fingerprint density at radius 3 is 1.88 bits per heavy atom. The lowest BCUT2D eigenvalue weighted by Gasteiger charge is -2.03. The summed E-state index contributed by atoms with van der Waals surface area (Å²) in [4.78, 5) is 2.20. The second-order valence-corrected chi connectivity index (χ2v) is 5.00. The van der Waals surface area contributed by atoms with Crippen molar-refractivity contribution >= 4 is 0 Å². The number of nitrogens with zero attached hydrogens (tertiary/aromatic N) is 1. The lowest BCUT2D eigenvalue weighted by molar-refractivity contribution is 0.456. The molecule has 0 N–H and O–H groups in total. The summed E-state index contributed by atoms with van der Waals surface area (Å²) in [5.74, 6) is 0. The maximum atomic E-state index is 2.33. The van der Waals surface area contributed by atoms with Gasteiger partial charge in [-0.25, -0.2) is 0 Å². The van der Waals surface area contributed by atoms with Crippen molar-refractivity contribution in [1.29, 1.82) is 0 Å². The molecular formula is C15H31N. The van der Waals surface area contributed by atoms with Gasteiger partial charge in [0, 0.05) is 6.54 Å². The van der Waals surface area contributed by atoms with E-state index in [0.717, 1.165) is 6.54 Å². The fourth-order valence-electron chi connectivity index (χ4n) is 1.80. The Labute approximate surface area is 103 Å². The molecule has 0 aromatic carbocycles. The second kappa shape index (κ2) is 12.8. The molecule has 1 nitrogen and oxygen atoms in total. The van der Waals surface area contributed by atoms with E-state index in [-0.39, 0.29) is 0 Å². The van der Waals surface area contributed by atoms with Crippen molar-refractivity contribution in [2.75, 3.05) is 20.6 Å². The summed E-state index contributed by atoms with van der Waals surface area (Å²) < 4.78 is 0. The van der Waals surface area contributed by atoms with E-state index in [0.29, 0.717) is 0 Å². The minimum absolute atomic E-state index is 1.08. The van der Waals surface area contributed by atoms with Gasteiger partial charge in [0.05, 0.1) is 0 Å². The van der Waals surface area contributed by atoms with Gasteiger partial charge in [-0.05, 0) is 26.9 Å². The fraction of sp³-hybridized carbons (Fsp3) is 0.867. The molecule has 0 aromatic rings. The zero-order chi connectivity index (χ0) is 12.1. The Morgan fingerprint density at radius 2 is 1.31 bits per heavy atom. The van der Waals surface area contributed by atoms with E-state index < -0.39 is 0 Å². The first-order chi connectivity index (χ1) is 7.77. The highest BCUT2D eigenvalue weighted by Crippen LogP contribution is 2.09. The quantitative estimate of drug-likeness (QED) is 0.366. The van der Waals surface area contributed by atoms with E-state index in [9.17, 15) is 0 Å². The Balaban J connectivity index is 3.01. The van der Waals surface area contributed by atoms with Crippen LogP contribution in [-0.4, -0.2) is 25.5 Å². The first kappa shape index (κ1) is 15.7. The number of hydrogen-bond acceptors (Lipinski definition) is 1. The Hall–Kier alpha value is -0.300. The van der Waals surface area contributed by atoms with Crippen LogP contribution in [0.3, 0.4) is 0 Å². The standard InChI is InChI=1S/C15H31N/c1-4-5-6-7-8-9-10-11-12-13-14-15-16(2)3/h13-14H,4-12,15H2,1-3H3. The lowest BCUT2D eigenvalue weighted by atomic mass is 10.1. The number of rotatable bonds is 11. The van der Waals surface area contributed by atoms with Crippen molar-refractivity contribution in [3.8, 4) is 0 Å². The maximum absolute atomic E-state index is 2.33. The molecule has 0 aliphatic carbocycles. The van der Waals surface area contributed by atoms with Gasteiger partial charge in [-0.3, -0.25) is 0 Å². The van der Waals surface area contributed by atoms with E-state index in [1.54, 1.807) is 0 Å². The van der Waals surface area contributed by atoms with Crippen molar-refractivity contribution in [3.63, 3.8) is 0 Å². The molecular weight excluding hydrogens is 194 g/mol. The highest BCUT2D eigenvalue weighted by atomic mass is 15.0. The monoisotopic (exact) mass is 225 g/mol. The summed E-state index contributed by atoms with van der Waals surface area (Å²) in [6.07, 6.45) is 17.2. The van der Waals surface area contributed by atoms with Crippen LogP contribution in [0.25, 0.3) is 0 Å². The first-order valence-electron chi connectivity index (χ1n) is 7.07. The van der Waals surface area contributed by atoms with Crippen molar-refractivity contribution in [1.82, 2.24) is 4.90 Å². The van der Waals surface area contributed by atoms with E-state index in [4.69, 9.17) is 0 Å². The first-order valence-corrected chi connectivity index (χ1v) is 7.07. The molecule has 96 valence electrons. The molecule has 0 rings (SSSR count). The highest BCUT2D eigenvalue weighted by Gasteiger charge is 1.90. The van der Waals surface area contributed by atoms with Crippen molar-refractivity contribution in [3.05, 3.63) is 12.2 Å². The summed E-state index contributed by atoms with van der Waals surface area (Å²) in [5, 5.41) is 0. The fourth-order valence-corrected chi connectivity index (χ4v) is 1.80. The van der Waals surface area contributed by atoms with Crippen LogP contribution >= 0.6 is 0 Å².